The molecule has 0 heterocycles. The van der Waals surface area contributed by atoms with Gasteiger partial charge in [-0.25, -0.2) is 0 Å². The Kier molecular flexibility index (Phi) is 3.97. The number of ether oxygens (including phenoxy) is 1. The first-order chi connectivity index (χ1) is 13.6. The van der Waals surface area contributed by atoms with Crippen LogP contribution in [0.2, 0.25) is 0 Å². The zero-order chi connectivity index (χ0) is 19.3. The lowest BCUT2D eigenvalue weighted by Crippen LogP contribution is -2.48. The highest BCUT2D eigenvalue weighted by Crippen LogP contribution is 2.63. The third-order valence-electron chi connectivity index (χ3n) is 6.34. The van der Waals surface area contributed by atoms with Crippen molar-refractivity contribution in [2.24, 2.45) is 35.5 Å². The predicted molar refractivity (Wildman–Crippen MR) is 104 cm³/mol. The van der Waals surface area contributed by atoms with Gasteiger partial charge in [0.05, 0.1) is 11.8 Å². The smallest absolute Gasteiger partial charge is 0.307 e. The summed E-state index contributed by atoms with van der Waals surface area (Å²) >= 11 is 0. The minimum Gasteiger partial charge on any atom is -0.481 e. The van der Waals surface area contributed by atoms with E-state index < -0.39 is 17.8 Å². The van der Waals surface area contributed by atoms with E-state index in [1.54, 1.807) is 24.3 Å². The van der Waals surface area contributed by atoms with Gasteiger partial charge in [0.1, 0.15) is 11.5 Å². The Bertz CT molecular complexity index is 937. The molecule has 142 valence electrons. The number of amides is 1. The highest BCUT2D eigenvalue weighted by molar-refractivity contribution is 5.96. The number of carboxylic acid groups (broad SMARTS) is 1. The van der Waals surface area contributed by atoms with Crippen LogP contribution in [0.5, 0.6) is 11.5 Å². The fourth-order valence-corrected chi connectivity index (χ4v) is 5.03. The van der Waals surface area contributed by atoms with E-state index in [4.69, 9.17) is 4.74 Å². The zero-order valence-electron chi connectivity index (χ0n) is 15.2. The second kappa shape index (κ2) is 6.51. The van der Waals surface area contributed by atoms with Gasteiger partial charge >= 0.3 is 5.97 Å². The fraction of sp³-hybridized carbons (Fsp3) is 0.304. The lowest BCUT2D eigenvalue weighted by atomic mass is 9.62. The van der Waals surface area contributed by atoms with Gasteiger partial charge in [0.2, 0.25) is 5.91 Å². The first-order valence-electron chi connectivity index (χ1n) is 9.67. The number of carbonyl (C=O) groups is 2. The average Bonchev–Trinajstić information content (AvgIpc) is 3.52. The Morgan fingerprint density at radius 2 is 1.46 bits per heavy atom. The number of aliphatic carboxylic acids is 1. The van der Waals surface area contributed by atoms with Crippen LogP contribution in [0, 0.1) is 35.5 Å². The van der Waals surface area contributed by atoms with Gasteiger partial charge < -0.3 is 15.2 Å². The molecule has 4 aliphatic carbocycles. The first-order valence-corrected chi connectivity index (χ1v) is 9.67. The van der Waals surface area contributed by atoms with E-state index in [1.807, 2.05) is 36.4 Å². The van der Waals surface area contributed by atoms with Crippen molar-refractivity contribution >= 4 is 17.6 Å². The number of anilines is 1. The number of nitrogens with one attached hydrogen (secondary N) is 1. The summed E-state index contributed by atoms with van der Waals surface area (Å²) in [7, 11) is 0. The Labute approximate surface area is 163 Å². The van der Waals surface area contributed by atoms with Crippen molar-refractivity contribution < 1.29 is 19.4 Å². The number of hydrogen-bond donors (Lipinski definition) is 2. The van der Waals surface area contributed by atoms with Crippen LogP contribution in [0.25, 0.3) is 0 Å². The number of fused-ring (bicyclic) bond motifs is 1. The molecule has 0 aromatic heterocycles. The molecule has 6 unspecified atom stereocenters. The zero-order valence-corrected chi connectivity index (χ0v) is 15.2. The van der Waals surface area contributed by atoms with Crippen LogP contribution >= 0.6 is 0 Å². The normalized spacial score (nSPS) is 31.7. The summed E-state index contributed by atoms with van der Waals surface area (Å²) in [4.78, 5) is 24.8. The molecular weight excluding hydrogens is 354 g/mol. The predicted octanol–water partition coefficient (Wildman–Crippen LogP) is 4.19. The molecule has 1 amide bonds. The molecule has 2 fully saturated rings. The van der Waals surface area contributed by atoms with Crippen molar-refractivity contribution in [2.75, 3.05) is 5.32 Å². The third kappa shape index (κ3) is 2.87. The number of para-hydroxylation sites is 1. The molecule has 0 radical (unpaired) electrons. The van der Waals surface area contributed by atoms with Gasteiger partial charge in [0.15, 0.2) is 0 Å². The van der Waals surface area contributed by atoms with Gasteiger partial charge in [0.25, 0.3) is 0 Å². The fourth-order valence-electron chi connectivity index (χ4n) is 5.03. The molecule has 0 saturated heterocycles. The van der Waals surface area contributed by atoms with Crippen molar-refractivity contribution in [1.82, 2.24) is 0 Å². The van der Waals surface area contributed by atoms with E-state index in [0.29, 0.717) is 23.3 Å². The first kappa shape index (κ1) is 17.0. The van der Waals surface area contributed by atoms with Crippen LogP contribution < -0.4 is 10.1 Å². The van der Waals surface area contributed by atoms with E-state index in [0.717, 1.165) is 12.2 Å². The summed E-state index contributed by atoms with van der Waals surface area (Å²) in [5.41, 5.74) is 0.646. The van der Waals surface area contributed by atoms with Gasteiger partial charge in [0, 0.05) is 5.69 Å². The maximum atomic E-state index is 13.0. The van der Waals surface area contributed by atoms with Gasteiger partial charge in [-0.05, 0) is 66.5 Å². The van der Waals surface area contributed by atoms with Crippen LogP contribution in [-0.4, -0.2) is 17.0 Å². The van der Waals surface area contributed by atoms with Gasteiger partial charge in [-0.3, -0.25) is 9.59 Å². The van der Waals surface area contributed by atoms with Gasteiger partial charge in [-0.15, -0.1) is 0 Å². The minimum absolute atomic E-state index is 0.00935. The van der Waals surface area contributed by atoms with E-state index in [1.165, 1.54) is 0 Å². The monoisotopic (exact) mass is 375 g/mol. The summed E-state index contributed by atoms with van der Waals surface area (Å²) in [6.07, 6.45) is 5.14. The third-order valence-corrected chi connectivity index (χ3v) is 6.34. The van der Waals surface area contributed by atoms with E-state index in [9.17, 15) is 14.7 Å². The molecule has 0 aliphatic heterocycles. The summed E-state index contributed by atoms with van der Waals surface area (Å²) in [5, 5.41) is 12.6. The van der Waals surface area contributed by atoms with Crippen molar-refractivity contribution in [3.8, 4) is 11.5 Å². The Hall–Kier alpha value is -3.08. The van der Waals surface area contributed by atoms with Crippen molar-refractivity contribution in [1.29, 1.82) is 0 Å². The van der Waals surface area contributed by atoms with E-state index in [2.05, 4.69) is 11.4 Å². The molecule has 2 bridgehead atoms. The molecule has 6 atom stereocenters. The number of carbonyl (C=O) groups excluding carboxylic acids is 1. The van der Waals surface area contributed by atoms with Gasteiger partial charge in [-0.1, -0.05) is 30.4 Å². The summed E-state index contributed by atoms with van der Waals surface area (Å²) < 4.78 is 5.76. The standard InChI is InChI=1S/C23H21NO4/c25-22(20-16-10-11-17(19-12-18(16)19)21(20)23(26)27)24-13-6-8-15(9-7-13)28-14-4-2-1-3-5-14/h1-11,16-21H,12H2,(H,24,25)(H,26,27). The lowest BCUT2D eigenvalue weighted by molar-refractivity contribution is -0.152. The second-order valence-electron chi connectivity index (χ2n) is 7.92. The van der Waals surface area contributed by atoms with Crippen molar-refractivity contribution in [3.05, 3.63) is 66.7 Å². The summed E-state index contributed by atoms with van der Waals surface area (Å²) in [6.45, 7) is 0. The molecule has 5 nitrogen and oxygen atoms in total. The highest BCUT2D eigenvalue weighted by atomic mass is 16.5. The molecule has 2 aromatic carbocycles. The molecular formula is C23H21NO4. The summed E-state index contributed by atoms with van der Waals surface area (Å²) in [5.74, 6) is 0.182. The number of rotatable bonds is 5. The Morgan fingerprint density at radius 3 is 2.11 bits per heavy atom. The summed E-state index contributed by atoms with van der Waals surface area (Å²) in [6, 6.07) is 16.6. The highest BCUT2D eigenvalue weighted by Gasteiger charge is 2.62. The van der Waals surface area contributed by atoms with Crippen LogP contribution in [0.1, 0.15) is 6.42 Å². The maximum Gasteiger partial charge on any atom is 0.307 e. The average molecular weight is 375 g/mol. The molecule has 4 aliphatic rings. The Morgan fingerprint density at radius 1 is 0.857 bits per heavy atom. The van der Waals surface area contributed by atoms with E-state index in [-0.39, 0.29) is 17.7 Å². The van der Waals surface area contributed by atoms with Crippen LogP contribution in [0.3, 0.4) is 0 Å². The number of benzene rings is 2. The number of carboxylic acids is 1. The molecule has 2 aromatic rings. The van der Waals surface area contributed by atoms with Crippen LogP contribution in [-0.2, 0) is 9.59 Å². The minimum atomic E-state index is -0.864. The van der Waals surface area contributed by atoms with Crippen molar-refractivity contribution in [3.63, 3.8) is 0 Å². The lowest BCUT2D eigenvalue weighted by Gasteiger charge is -2.41. The molecule has 2 saturated carbocycles. The quantitative estimate of drug-likeness (QED) is 0.769. The SMILES string of the molecule is O=C(O)C1C2C=CC(C3CC23)C1C(=O)Nc1ccc(Oc2ccccc2)cc1. The molecule has 5 heteroatoms. The maximum absolute atomic E-state index is 13.0. The largest absolute Gasteiger partial charge is 0.481 e. The van der Waals surface area contributed by atoms with Crippen molar-refractivity contribution in [2.45, 2.75) is 6.42 Å². The molecule has 6 rings (SSSR count). The van der Waals surface area contributed by atoms with Gasteiger partial charge in [-0.2, -0.15) is 0 Å². The van der Waals surface area contributed by atoms with E-state index >= 15 is 0 Å². The Balaban J connectivity index is 1.30. The van der Waals surface area contributed by atoms with Crippen LogP contribution in [0.4, 0.5) is 5.69 Å². The van der Waals surface area contributed by atoms with Crippen LogP contribution in [0.15, 0.2) is 66.7 Å². The molecule has 2 N–H and O–H groups in total. The number of allylic oxidation sites excluding steroid dienone is 2. The number of hydrogen-bond acceptors (Lipinski definition) is 3. The topological polar surface area (TPSA) is 75.6 Å². The molecule has 0 spiro atoms. The molecule has 28 heavy (non-hydrogen) atoms. The second-order valence-corrected chi connectivity index (χ2v) is 7.92.